The fraction of sp³-hybridized carbons (Fsp3) is 0.286. The highest BCUT2D eigenvalue weighted by Gasteiger charge is 2.34. The van der Waals surface area contributed by atoms with Crippen LogP contribution in [0.3, 0.4) is 0 Å². The molecule has 1 atom stereocenters. The number of carbonyl (C=O) groups excluding carboxylic acids is 3. The zero-order chi connectivity index (χ0) is 20.1. The van der Waals surface area contributed by atoms with Gasteiger partial charge in [0.15, 0.2) is 0 Å². The summed E-state index contributed by atoms with van der Waals surface area (Å²) in [5.74, 6) is -0.647. The molecule has 146 valence electrons. The van der Waals surface area contributed by atoms with E-state index in [0.717, 1.165) is 23.3 Å². The summed E-state index contributed by atoms with van der Waals surface area (Å²) < 4.78 is 0. The summed E-state index contributed by atoms with van der Waals surface area (Å²) in [7, 11) is 1.79. The maximum atomic E-state index is 12.9. The lowest BCUT2D eigenvalue weighted by atomic mass is 10.1. The molecule has 2 aromatic carbocycles. The fourth-order valence-corrected chi connectivity index (χ4v) is 3.56. The number of rotatable bonds is 8. The van der Waals surface area contributed by atoms with E-state index in [4.69, 9.17) is 5.73 Å². The maximum Gasteiger partial charge on any atom is 0.249 e. The van der Waals surface area contributed by atoms with Crippen LogP contribution in [0.5, 0.6) is 0 Å². The van der Waals surface area contributed by atoms with E-state index in [1.54, 1.807) is 36.2 Å². The van der Waals surface area contributed by atoms with Crippen LogP contribution >= 0.6 is 11.8 Å². The lowest BCUT2D eigenvalue weighted by Crippen LogP contribution is -2.42. The smallest absolute Gasteiger partial charge is 0.249 e. The predicted molar refractivity (Wildman–Crippen MR) is 109 cm³/mol. The van der Waals surface area contributed by atoms with Crippen LogP contribution in [0.25, 0.3) is 0 Å². The van der Waals surface area contributed by atoms with E-state index in [1.165, 1.54) is 11.8 Å². The topological polar surface area (TPSA) is 92.5 Å². The van der Waals surface area contributed by atoms with Crippen molar-refractivity contribution in [3.8, 4) is 0 Å². The first-order valence-corrected chi connectivity index (χ1v) is 10.1. The second-order valence-corrected chi connectivity index (χ2v) is 7.82. The summed E-state index contributed by atoms with van der Waals surface area (Å²) >= 11 is 1.34. The van der Waals surface area contributed by atoms with Crippen LogP contribution in [-0.2, 0) is 9.59 Å². The molecule has 1 saturated carbocycles. The molecule has 0 radical (unpaired) electrons. The number of primary amides is 1. The van der Waals surface area contributed by atoms with Gasteiger partial charge in [0.05, 0.1) is 5.75 Å². The van der Waals surface area contributed by atoms with Crippen molar-refractivity contribution in [1.29, 1.82) is 0 Å². The molecule has 0 spiro atoms. The predicted octanol–water partition coefficient (Wildman–Crippen LogP) is 2.36. The van der Waals surface area contributed by atoms with Crippen molar-refractivity contribution in [2.75, 3.05) is 12.8 Å². The summed E-state index contributed by atoms with van der Waals surface area (Å²) in [5, 5.41) is 2.87. The first-order valence-electron chi connectivity index (χ1n) is 9.09. The van der Waals surface area contributed by atoms with Crippen LogP contribution in [0.15, 0.2) is 59.5 Å². The van der Waals surface area contributed by atoms with Crippen LogP contribution in [0, 0.1) is 0 Å². The van der Waals surface area contributed by atoms with Crippen molar-refractivity contribution in [3.63, 3.8) is 0 Å². The Kier molecular flexibility index (Phi) is 6.36. The van der Waals surface area contributed by atoms with E-state index in [1.807, 2.05) is 30.3 Å². The number of thioether (sulfide) groups is 1. The van der Waals surface area contributed by atoms with Gasteiger partial charge in [0.25, 0.3) is 0 Å². The van der Waals surface area contributed by atoms with Gasteiger partial charge < -0.3 is 16.0 Å². The van der Waals surface area contributed by atoms with Crippen molar-refractivity contribution >= 4 is 29.5 Å². The molecule has 0 aliphatic heterocycles. The number of nitrogens with one attached hydrogen (secondary N) is 1. The minimum atomic E-state index is -0.697. The van der Waals surface area contributed by atoms with Gasteiger partial charge in [0.1, 0.15) is 6.04 Å². The quantitative estimate of drug-likeness (QED) is 0.669. The Labute approximate surface area is 168 Å². The average Bonchev–Trinajstić information content (AvgIpc) is 3.55. The molecule has 1 unspecified atom stereocenters. The van der Waals surface area contributed by atoms with Crippen molar-refractivity contribution in [3.05, 3.63) is 65.7 Å². The van der Waals surface area contributed by atoms with Crippen molar-refractivity contribution < 1.29 is 14.4 Å². The van der Waals surface area contributed by atoms with E-state index < -0.39 is 11.9 Å². The minimum absolute atomic E-state index is 0.0992. The Morgan fingerprint density at radius 1 is 1.11 bits per heavy atom. The van der Waals surface area contributed by atoms with Gasteiger partial charge in [-0.3, -0.25) is 14.4 Å². The molecule has 1 fully saturated rings. The number of nitrogens with zero attached hydrogens (tertiary/aromatic N) is 1. The normalized spacial score (nSPS) is 14.2. The van der Waals surface area contributed by atoms with E-state index in [9.17, 15) is 14.4 Å². The van der Waals surface area contributed by atoms with Crippen LogP contribution in [0.4, 0.5) is 0 Å². The molecule has 3 rings (SSSR count). The van der Waals surface area contributed by atoms with Gasteiger partial charge in [-0.1, -0.05) is 30.3 Å². The maximum absolute atomic E-state index is 12.9. The Hall–Kier alpha value is -2.80. The molecule has 28 heavy (non-hydrogen) atoms. The highest BCUT2D eigenvalue weighted by molar-refractivity contribution is 8.00. The van der Waals surface area contributed by atoms with Gasteiger partial charge in [-0.05, 0) is 42.7 Å². The highest BCUT2D eigenvalue weighted by atomic mass is 32.2. The molecule has 0 saturated heterocycles. The summed E-state index contributed by atoms with van der Waals surface area (Å²) in [6.07, 6.45) is 2.02. The van der Waals surface area contributed by atoms with Crippen LogP contribution in [0.1, 0.15) is 34.8 Å². The van der Waals surface area contributed by atoms with Gasteiger partial charge in [0, 0.05) is 23.5 Å². The molecule has 0 heterocycles. The van der Waals surface area contributed by atoms with Gasteiger partial charge in [-0.2, -0.15) is 0 Å². The molecule has 1 aliphatic rings. The number of hydrogen-bond acceptors (Lipinski definition) is 4. The Balaban J connectivity index is 1.63. The number of hydrogen-bond donors (Lipinski definition) is 2. The van der Waals surface area contributed by atoms with E-state index in [0.29, 0.717) is 5.56 Å². The Morgan fingerprint density at radius 2 is 1.75 bits per heavy atom. The van der Waals surface area contributed by atoms with E-state index in [2.05, 4.69) is 5.32 Å². The number of carbonyl (C=O) groups is 3. The minimum Gasteiger partial charge on any atom is -0.366 e. The molecule has 7 heteroatoms. The summed E-state index contributed by atoms with van der Waals surface area (Å²) in [5.41, 5.74) is 6.42. The largest absolute Gasteiger partial charge is 0.366 e. The summed E-state index contributed by atoms with van der Waals surface area (Å²) in [4.78, 5) is 39.1. The van der Waals surface area contributed by atoms with E-state index in [-0.39, 0.29) is 23.6 Å². The average molecular weight is 398 g/mol. The lowest BCUT2D eigenvalue weighted by Gasteiger charge is -2.25. The van der Waals surface area contributed by atoms with Gasteiger partial charge >= 0.3 is 0 Å². The molecule has 3 N–H and O–H groups in total. The van der Waals surface area contributed by atoms with Crippen molar-refractivity contribution in [2.24, 2.45) is 5.73 Å². The van der Waals surface area contributed by atoms with Crippen molar-refractivity contribution in [1.82, 2.24) is 10.2 Å². The molecular weight excluding hydrogens is 374 g/mol. The van der Waals surface area contributed by atoms with Gasteiger partial charge in [0.2, 0.25) is 17.7 Å². The standard InChI is InChI=1S/C21H23N3O3S/c1-24(16-9-10-16)21(27)19(14-5-3-2-4-6-14)23-18(25)13-28-17-11-7-15(8-12-17)20(22)26/h2-8,11-12,16,19H,9-10,13H2,1H3,(H2,22,26)(H,23,25). The summed E-state index contributed by atoms with van der Waals surface area (Å²) in [6.45, 7) is 0. The molecule has 0 aromatic heterocycles. The third-order valence-electron chi connectivity index (χ3n) is 4.64. The number of likely N-dealkylation sites (N-methyl/N-ethyl adjacent to an activating group) is 1. The number of benzene rings is 2. The van der Waals surface area contributed by atoms with Crippen molar-refractivity contribution in [2.45, 2.75) is 29.8 Å². The van der Waals surface area contributed by atoms with Crippen LogP contribution in [-0.4, -0.2) is 41.5 Å². The van der Waals surface area contributed by atoms with Gasteiger partial charge in [-0.25, -0.2) is 0 Å². The van der Waals surface area contributed by atoms with Crippen LogP contribution in [0.2, 0.25) is 0 Å². The highest BCUT2D eigenvalue weighted by Crippen LogP contribution is 2.28. The number of amides is 3. The Morgan fingerprint density at radius 3 is 2.32 bits per heavy atom. The van der Waals surface area contributed by atoms with Gasteiger partial charge in [-0.15, -0.1) is 11.8 Å². The molecule has 2 aromatic rings. The monoisotopic (exact) mass is 397 g/mol. The zero-order valence-corrected chi connectivity index (χ0v) is 16.4. The second-order valence-electron chi connectivity index (χ2n) is 6.77. The third-order valence-corrected chi connectivity index (χ3v) is 5.65. The summed E-state index contributed by atoms with van der Waals surface area (Å²) in [6, 6.07) is 15.6. The molecule has 0 bridgehead atoms. The van der Waals surface area contributed by atoms with Crippen LogP contribution < -0.4 is 11.1 Å². The molecule has 3 amide bonds. The first kappa shape index (κ1) is 19.9. The SMILES string of the molecule is CN(C(=O)C(NC(=O)CSc1ccc(C(N)=O)cc1)c1ccccc1)C1CC1. The molecule has 1 aliphatic carbocycles. The zero-order valence-electron chi connectivity index (χ0n) is 15.6. The van der Waals surface area contributed by atoms with E-state index >= 15 is 0 Å². The number of nitrogens with two attached hydrogens (primary N) is 1. The molecular formula is C21H23N3O3S. The fourth-order valence-electron chi connectivity index (χ4n) is 2.85. The second kappa shape index (κ2) is 8.93. The lowest BCUT2D eigenvalue weighted by molar-refractivity contribution is -0.135. The molecule has 6 nitrogen and oxygen atoms in total. The Bertz CT molecular complexity index is 851. The third kappa shape index (κ3) is 5.13. The first-order chi connectivity index (χ1) is 13.5.